The van der Waals surface area contributed by atoms with Gasteiger partial charge in [0.1, 0.15) is 6.04 Å². The molecule has 0 aromatic carbocycles. The third-order valence-electron chi connectivity index (χ3n) is 3.08. The normalized spacial score (nSPS) is 37.2. The Balaban J connectivity index is 0.000000845. The van der Waals surface area contributed by atoms with E-state index in [-0.39, 0.29) is 11.4 Å². The first kappa shape index (κ1) is 10.2. The zero-order chi connectivity index (χ0) is 8.72. The summed E-state index contributed by atoms with van der Waals surface area (Å²) in [5, 5.41) is 8.72. The molecule has 0 radical (unpaired) electrons. The van der Waals surface area contributed by atoms with E-state index in [0.29, 0.717) is 11.8 Å². The number of carbonyl (C=O) groups is 1. The van der Waals surface area contributed by atoms with Crippen molar-refractivity contribution >= 4 is 5.97 Å². The maximum Gasteiger partial charge on any atom is 0.320 e. The number of carboxylic acids is 1. The summed E-state index contributed by atoms with van der Waals surface area (Å²) in [6, 6.07) is -0.662. The first-order valence-electron chi connectivity index (χ1n) is 4.35. The minimum Gasteiger partial charge on any atom is -0.480 e. The highest BCUT2D eigenvalue weighted by molar-refractivity contribution is 5.73. The van der Waals surface area contributed by atoms with Crippen molar-refractivity contribution in [1.82, 2.24) is 0 Å². The van der Waals surface area contributed by atoms with Crippen LogP contribution in [-0.2, 0) is 4.79 Å². The Hall–Kier alpha value is -0.870. The molecule has 74 valence electrons. The minimum atomic E-state index is -0.860. The molecule has 1 saturated carbocycles. The Labute approximate surface area is 76.7 Å². The van der Waals surface area contributed by atoms with E-state index in [1.54, 1.807) is 0 Å². The molecular formula is C9H15NO3. The van der Waals surface area contributed by atoms with Gasteiger partial charge in [-0.25, -0.2) is 0 Å². The van der Waals surface area contributed by atoms with Gasteiger partial charge in [0.05, 0.1) is 0 Å². The number of carboxylic acid groups (broad SMARTS) is 1. The van der Waals surface area contributed by atoms with Crippen LogP contribution in [0.5, 0.6) is 0 Å². The third-order valence-corrected chi connectivity index (χ3v) is 3.08. The fourth-order valence-electron chi connectivity index (χ4n) is 2.42. The molecule has 0 aromatic heterocycles. The molecule has 2 rings (SSSR count). The summed E-state index contributed by atoms with van der Waals surface area (Å²) in [5.74, 6) is 0.352. The monoisotopic (exact) mass is 185 g/mol. The van der Waals surface area contributed by atoms with Gasteiger partial charge < -0.3 is 16.3 Å². The van der Waals surface area contributed by atoms with Gasteiger partial charge in [0.15, 0.2) is 0 Å². The van der Waals surface area contributed by atoms with Gasteiger partial charge in [-0.3, -0.25) is 4.79 Å². The third kappa shape index (κ3) is 1.59. The van der Waals surface area contributed by atoms with Gasteiger partial charge in [-0.2, -0.15) is 0 Å². The van der Waals surface area contributed by atoms with Crippen LogP contribution in [0.1, 0.15) is 12.8 Å². The van der Waals surface area contributed by atoms with Crippen molar-refractivity contribution in [2.75, 3.05) is 0 Å². The minimum absolute atomic E-state index is 0. The Morgan fingerprint density at radius 1 is 1.46 bits per heavy atom. The summed E-state index contributed by atoms with van der Waals surface area (Å²) < 4.78 is 0. The lowest BCUT2D eigenvalue weighted by Gasteiger charge is -2.21. The van der Waals surface area contributed by atoms with Crippen LogP contribution in [0.2, 0.25) is 0 Å². The Bertz CT molecular complexity index is 239. The smallest absolute Gasteiger partial charge is 0.320 e. The molecule has 4 nitrogen and oxygen atoms in total. The highest BCUT2D eigenvalue weighted by Crippen LogP contribution is 2.44. The van der Waals surface area contributed by atoms with Crippen molar-refractivity contribution in [2.45, 2.75) is 18.9 Å². The highest BCUT2D eigenvalue weighted by atomic mass is 16.4. The second-order valence-electron chi connectivity index (χ2n) is 3.81. The van der Waals surface area contributed by atoms with Crippen molar-refractivity contribution in [2.24, 2.45) is 23.5 Å². The first-order valence-corrected chi connectivity index (χ1v) is 4.35. The first-order chi connectivity index (χ1) is 5.68. The van der Waals surface area contributed by atoms with Gasteiger partial charge in [-0.1, -0.05) is 12.2 Å². The number of rotatable bonds is 2. The van der Waals surface area contributed by atoms with Gasteiger partial charge in [0.25, 0.3) is 0 Å². The Morgan fingerprint density at radius 2 is 2.15 bits per heavy atom. The molecule has 4 heteroatoms. The van der Waals surface area contributed by atoms with E-state index >= 15 is 0 Å². The fraction of sp³-hybridized carbons (Fsp3) is 0.667. The van der Waals surface area contributed by atoms with E-state index in [9.17, 15) is 4.79 Å². The maximum absolute atomic E-state index is 10.6. The van der Waals surface area contributed by atoms with Crippen LogP contribution in [0.3, 0.4) is 0 Å². The second kappa shape index (κ2) is 3.47. The molecule has 0 spiro atoms. The number of hydrogen-bond donors (Lipinski definition) is 2. The van der Waals surface area contributed by atoms with Crippen molar-refractivity contribution in [1.29, 1.82) is 0 Å². The lowest BCUT2D eigenvalue weighted by molar-refractivity contribution is -0.140. The highest BCUT2D eigenvalue weighted by Gasteiger charge is 2.40. The van der Waals surface area contributed by atoms with Crippen LogP contribution < -0.4 is 5.73 Å². The summed E-state index contributed by atoms with van der Waals surface area (Å²) in [5.41, 5.74) is 5.57. The zero-order valence-electron chi connectivity index (χ0n) is 7.31. The van der Waals surface area contributed by atoms with Crippen LogP contribution in [0.25, 0.3) is 0 Å². The van der Waals surface area contributed by atoms with E-state index in [2.05, 4.69) is 12.2 Å². The molecule has 1 fully saturated rings. The van der Waals surface area contributed by atoms with Crippen molar-refractivity contribution in [3.8, 4) is 0 Å². The molecule has 2 aliphatic rings. The molecule has 5 N–H and O–H groups in total. The van der Waals surface area contributed by atoms with Gasteiger partial charge >= 0.3 is 5.97 Å². The standard InChI is InChI=1S/C9H13NO2.H2O/c10-8(9(11)12)7-4-5-1-2-6(7)3-5;/h1-2,5-8H,3-4,10H2,(H,11,12);1H2. The molecule has 2 bridgehead atoms. The van der Waals surface area contributed by atoms with Crippen LogP contribution in [0.4, 0.5) is 0 Å². The summed E-state index contributed by atoms with van der Waals surface area (Å²) in [4.78, 5) is 10.6. The summed E-state index contributed by atoms with van der Waals surface area (Å²) in [6.45, 7) is 0. The maximum atomic E-state index is 10.6. The average Bonchev–Trinajstić information content (AvgIpc) is 2.62. The molecule has 0 saturated heterocycles. The molecule has 4 atom stereocenters. The molecule has 0 heterocycles. The van der Waals surface area contributed by atoms with Crippen LogP contribution in [0, 0.1) is 17.8 Å². The van der Waals surface area contributed by atoms with Gasteiger partial charge in [-0.15, -0.1) is 0 Å². The van der Waals surface area contributed by atoms with E-state index < -0.39 is 12.0 Å². The molecular weight excluding hydrogens is 170 g/mol. The lowest BCUT2D eigenvalue weighted by atomic mass is 9.87. The van der Waals surface area contributed by atoms with E-state index in [0.717, 1.165) is 12.8 Å². The lowest BCUT2D eigenvalue weighted by Crippen LogP contribution is -2.39. The molecule has 0 amide bonds. The van der Waals surface area contributed by atoms with Crippen LogP contribution in [-0.4, -0.2) is 22.6 Å². The van der Waals surface area contributed by atoms with Crippen molar-refractivity contribution in [3.05, 3.63) is 12.2 Å². The van der Waals surface area contributed by atoms with Gasteiger partial charge in [0.2, 0.25) is 0 Å². The molecule has 4 unspecified atom stereocenters. The predicted molar refractivity (Wildman–Crippen MR) is 48.1 cm³/mol. The van der Waals surface area contributed by atoms with E-state index in [1.165, 1.54) is 0 Å². The largest absolute Gasteiger partial charge is 0.480 e. The van der Waals surface area contributed by atoms with Crippen molar-refractivity contribution in [3.63, 3.8) is 0 Å². The van der Waals surface area contributed by atoms with Crippen LogP contribution >= 0.6 is 0 Å². The Kier molecular flexibility index (Phi) is 2.73. The molecule has 2 aliphatic carbocycles. The molecule has 0 aliphatic heterocycles. The topological polar surface area (TPSA) is 94.8 Å². The van der Waals surface area contributed by atoms with E-state index in [4.69, 9.17) is 10.8 Å². The number of fused-ring (bicyclic) bond motifs is 2. The summed E-state index contributed by atoms with van der Waals surface area (Å²) >= 11 is 0. The zero-order valence-corrected chi connectivity index (χ0v) is 7.31. The predicted octanol–water partition coefficient (Wildman–Crippen LogP) is -0.214. The summed E-state index contributed by atoms with van der Waals surface area (Å²) in [7, 11) is 0. The van der Waals surface area contributed by atoms with Crippen LogP contribution in [0.15, 0.2) is 12.2 Å². The number of nitrogens with two attached hydrogens (primary N) is 1. The van der Waals surface area contributed by atoms with Gasteiger partial charge in [0, 0.05) is 0 Å². The number of aliphatic carboxylic acids is 1. The Morgan fingerprint density at radius 3 is 2.54 bits per heavy atom. The SMILES string of the molecule is NC(C(=O)O)C1CC2C=CC1C2.O. The number of hydrogen-bond acceptors (Lipinski definition) is 2. The molecule has 13 heavy (non-hydrogen) atoms. The number of allylic oxidation sites excluding steroid dienone is 2. The van der Waals surface area contributed by atoms with Gasteiger partial charge in [-0.05, 0) is 30.6 Å². The van der Waals surface area contributed by atoms with E-state index in [1.807, 2.05) is 0 Å². The summed E-state index contributed by atoms with van der Waals surface area (Å²) in [6.07, 6.45) is 6.40. The van der Waals surface area contributed by atoms with Crippen molar-refractivity contribution < 1.29 is 15.4 Å². The molecule has 0 aromatic rings. The average molecular weight is 185 g/mol. The second-order valence-corrected chi connectivity index (χ2v) is 3.81. The fourth-order valence-corrected chi connectivity index (χ4v) is 2.42. The quantitative estimate of drug-likeness (QED) is 0.582.